The maximum absolute atomic E-state index is 11.4. The van der Waals surface area contributed by atoms with Crippen LogP contribution in [-0.2, 0) is 17.1 Å². The van der Waals surface area contributed by atoms with Crippen LogP contribution in [0.5, 0.6) is 0 Å². The van der Waals surface area contributed by atoms with Crippen LogP contribution in [0, 0.1) is 0 Å². The van der Waals surface area contributed by atoms with Crippen LogP contribution in [-0.4, -0.2) is 30.3 Å². The van der Waals surface area contributed by atoms with Gasteiger partial charge in [-0.3, -0.25) is 14.3 Å². The summed E-state index contributed by atoms with van der Waals surface area (Å²) in [6, 6.07) is 0. The van der Waals surface area contributed by atoms with Crippen LogP contribution in [0.4, 0.5) is 11.5 Å². The van der Waals surface area contributed by atoms with E-state index in [1.165, 1.54) is 7.05 Å². The van der Waals surface area contributed by atoms with E-state index in [-0.39, 0.29) is 30.2 Å². The van der Waals surface area contributed by atoms with Crippen LogP contribution in [0.15, 0.2) is 9.59 Å². The van der Waals surface area contributed by atoms with Crippen molar-refractivity contribution in [3.8, 4) is 0 Å². The summed E-state index contributed by atoms with van der Waals surface area (Å²) in [5.74, 6) is -0.219. The van der Waals surface area contributed by atoms with Crippen molar-refractivity contribution in [1.82, 2.24) is 9.55 Å². The molecule has 1 rings (SSSR count). The largest absolute Gasteiger partial charge is 0.383 e. The molecule has 0 saturated heterocycles. The number of aromatic nitrogens is 2. The van der Waals surface area contributed by atoms with E-state index in [2.05, 4.69) is 10.3 Å². The number of hydrogen-bond acceptors (Lipinski definition) is 6. The van der Waals surface area contributed by atoms with Crippen molar-refractivity contribution < 1.29 is 8.42 Å². The Labute approximate surface area is 103 Å². The number of nitrogens with one attached hydrogen (secondary N) is 2. The lowest BCUT2D eigenvalue weighted by atomic mass is 10.4. The molecule has 0 spiro atoms. The van der Waals surface area contributed by atoms with Crippen molar-refractivity contribution >= 4 is 21.5 Å². The fourth-order valence-electron chi connectivity index (χ4n) is 1.29. The molecule has 0 aliphatic heterocycles. The number of primary sulfonamides is 1. The minimum Gasteiger partial charge on any atom is -0.383 e. The number of sulfonamides is 1. The molecule has 0 bridgehead atoms. The van der Waals surface area contributed by atoms with Gasteiger partial charge >= 0.3 is 5.69 Å². The van der Waals surface area contributed by atoms with Gasteiger partial charge in [-0.2, -0.15) is 0 Å². The Bertz CT molecular complexity index is 644. The normalized spacial score (nSPS) is 11.4. The van der Waals surface area contributed by atoms with E-state index in [1.54, 1.807) is 0 Å². The highest BCUT2D eigenvalue weighted by Crippen LogP contribution is 2.07. The molecule has 9 nitrogen and oxygen atoms in total. The molecule has 1 heterocycles. The van der Waals surface area contributed by atoms with E-state index in [0.717, 1.165) is 4.57 Å². The van der Waals surface area contributed by atoms with Crippen molar-refractivity contribution in [2.24, 2.45) is 12.2 Å². The molecule has 1 aromatic heterocycles. The average Bonchev–Trinajstić information content (AvgIpc) is 2.23. The summed E-state index contributed by atoms with van der Waals surface area (Å²) < 4.78 is 22.4. The molecule has 0 atom stereocenters. The molecular formula is C8H15N5O4S. The van der Waals surface area contributed by atoms with Gasteiger partial charge in [-0.25, -0.2) is 18.4 Å². The third-order valence-electron chi connectivity index (χ3n) is 2.28. The molecule has 0 aliphatic rings. The minimum absolute atomic E-state index is 0.0145. The van der Waals surface area contributed by atoms with Crippen molar-refractivity contribution in [3.05, 3.63) is 20.8 Å². The van der Waals surface area contributed by atoms with Gasteiger partial charge in [-0.15, -0.1) is 0 Å². The molecule has 6 N–H and O–H groups in total. The van der Waals surface area contributed by atoms with Gasteiger partial charge in [0.2, 0.25) is 10.0 Å². The van der Waals surface area contributed by atoms with Crippen LogP contribution in [0.1, 0.15) is 6.42 Å². The lowest BCUT2D eigenvalue weighted by Crippen LogP contribution is -2.32. The van der Waals surface area contributed by atoms with Gasteiger partial charge in [-0.1, -0.05) is 0 Å². The fourth-order valence-corrected chi connectivity index (χ4v) is 1.84. The van der Waals surface area contributed by atoms with Crippen molar-refractivity contribution in [2.45, 2.75) is 6.42 Å². The zero-order valence-corrected chi connectivity index (χ0v) is 10.6. The number of nitrogens with zero attached hydrogens (tertiary/aromatic N) is 1. The van der Waals surface area contributed by atoms with E-state index < -0.39 is 21.3 Å². The highest BCUT2D eigenvalue weighted by atomic mass is 32.2. The smallest absolute Gasteiger partial charge is 0.329 e. The molecule has 0 saturated carbocycles. The molecule has 10 heteroatoms. The van der Waals surface area contributed by atoms with Crippen molar-refractivity contribution in [2.75, 3.05) is 23.3 Å². The topological polar surface area (TPSA) is 153 Å². The number of rotatable bonds is 5. The van der Waals surface area contributed by atoms with Gasteiger partial charge in [0, 0.05) is 13.6 Å². The van der Waals surface area contributed by atoms with E-state index in [4.69, 9.17) is 10.9 Å². The molecule has 0 unspecified atom stereocenters. The van der Waals surface area contributed by atoms with E-state index in [1.807, 2.05) is 0 Å². The first-order chi connectivity index (χ1) is 8.22. The molecule has 0 fully saturated rings. The molecule has 0 aliphatic carbocycles. The number of anilines is 2. The molecule has 0 radical (unpaired) electrons. The Morgan fingerprint density at radius 2 is 2.00 bits per heavy atom. The number of hydrogen-bond donors (Lipinski definition) is 4. The first-order valence-electron chi connectivity index (χ1n) is 5.05. The van der Waals surface area contributed by atoms with Gasteiger partial charge in [0.25, 0.3) is 5.56 Å². The molecule has 0 amide bonds. The van der Waals surface area contributed by atoms with E-state index in [9.17, 15) is 18.0 Å². The number of nitrogens with two attached hydrogens (primary N) is 2. The van der Waals surface area contributed by atoms with Crippen LogP contribution in [0.3, 0.4) is 0 Å². The second kappa shape index (κ2) is 5.23. The fraction of sp³-hybridized carbons (Fsp3) is 0.500. The third-order valence-corrected chi connectivity index (χ3v) is 3.13. The lowest BCUT2D eigenvalue weighted by Gasteiger charge is -2.10. The maximum atomic E-state index is 11.4. The predicted molar refractivity (Wildman–Crippen MR) is 67.8 cm³/mol. The number of aromatic amines is 1. The molecular weight excluding hydrogens is 262 g/mol. The Kier molecular flexibility index (Phi) is 4.14. The second-order valence-corrected chi connectivity index (χ2v) is 5.46. The molecule has 102 valence electrons. The summed E-state index contributed by atoms with van der Waals surface area (Å²) in [5, 5.41) is 7.50. The summed E-state index contributed by atoms with van der Waals surface area (Å²) in [6.45, 7) is 0.196. The molecule has 18 heavy (non-hydrogen) atoms. The average molecular weight is 277 g/mol. The van der Waals surface area contributed by atoms with Gasteiger partial charge in [0.15, 0.2) is 0 Å². The van der Waals surface area contributed by atoms with Crippen molar-refractivity contribution in [3.63, 3.8) is 0 Å². The first kappa shape index (κ1) is 14.3. The SMILES string of the molecule is Cn1c(N)c(NCCCS(N)(=O)=O)c(=O)[nH]c1=O. The Morgan fingerprint density at radius 3 is 2.56 bits per heavy atom. The van der Waals surface area contributed by atoms with Gasteiger partial charge in [-0.05, 0) is 6.42 Å². The predicted octanol–water partition coefficient (Wildman–Crippen LogP) is -2.25. The van der Waals surface area contributed by atoms with Crippen molar-refractivity contribution in [1.29, 1.82) is 0 Å². The monoisotopic (exact) mass is 277 g/mol. The van der Waals surface area contributed by atoms with E-state index in [0.29, 0.717) is 0 Å². The summed E-state index contributed by atoms with van der Waals surface area (Å²) >= 11 is 0. The van der Waals surface area contributed by atoms with Crippen LogP contribution >= 0.6 is 0 Å². The summed E-state index contributed by atoms with van der Waals surface area (Å²) in [5.41, 5.74) is 4.36. The summed E-state index contributed by atoms with van der Waals surface area (Å²) in [6.07, 6.45) is 0.223. The highest BCUT2D eigenvalue weighted by Gasteiger charge is 2.09. The first-order valence-corrected chi connectivity index (χ1v) is 6.77. The van der Waals surface area contributed by atoms with Gasteiger partial charge < -0.3 is 11.1 Å². The number of nitrogen functional groups attached to an aromatic ring is 1. The van der Waals surface area contributed by atoms with Gasteiger partial charge in [0.05, 0.1) is 5.75 Å². The third kappa shape index (κ3) is 3.60. The minimum atomic E-state index is -3.53. The zero-order valence-electron chi connectivity index (χ0n) is 9.76. The zero-order chi connectivity index (χ0) is 13.9. The standard InChI is InChI=1S/C8H15N5O4S/c1-13-6(9)5(7(14)12-8(13)15)11-3-2-4-18(10,16)17/h11H,2-4,9H2,1H3,(H2,10,16,17)(H,12,14,15). The Morgan fingerprint density at radius 1 is 1.39 bits per heavy atom. The summed E-state index contributed by atoms with van der Waals surface area (Å²) in [7, 11) is -2.12. The summed E-state index contributed by atoms with van der Waals surface area (Å²) in [4.78, 5) is 24.7. The van der Waals surface area contributed by atoms with Crippen LogP contribution in [0.2, 0.25) is 0 Å². The Hall–Kier alpha value is -1.81. The Balaban J connectivity index is 2.78. The van der Waals surface area contributed by atoms with Crippen LogP contribution < -0.4 is 27.4 Å². The highest BCUT2D eigenvalue weighted by molar-refractivity contribution is 7.89. The molecule has 1 aromatic rings. The van der Waals surface area contributed by atoms with Crippen LogP contribution in [0.25, 0.3) is 0 Å². The quantitative estimate of drug-likeness (QED) is 0.446. The van der Waals surface area contributed by atoms with E-state index >= 15 is 0 Å². The maximum Gasteiger partial charge on any atom is 0.329 e. The second-order valence-electron chi connectivity index (χ2n) is 3.73. The lowest BCUT2D eigenvalue weighted by molar-refractivity contribution is 0.596. The number of H-pyrrole nitrogens is 1. The van der Waals surface area contributed by atoms with Gasteiger partial charge in [0.1, 0.15) is 11.5 Å². The molecule has 0 aromatic carbocycles.